The molecule has 1 aliphatic carbocycles. The summed E-state index contributed by atoms with van der Waals surface area (Å²) in [5, 5.41) is 3.23. The largest absolute Gasteiger partial charge is 0.370 e. The lowest BCUT2D eigenvalue weighted by atomic mass is 9.64. The average Bonchev–Trinajstić information content (AvgIpc) is 2.21. The summed E-state index contributed by atoms with van der Waals surface area (Å²) < 4.78 is 0. The molecule has 1 atom stereocenters. The zero-order valence-corrected chi connectivity index (χ0v) is 14.7. The Bertz CT molecular complexity index is 260. The summed E-state index contributed by atoms with van der Waals surface area (Å²) in [5.74, 6) is 1.38. The van der Waals surface area contributed by atoms with Crippen molar-refractivity contribution in [3.05, 3.63) is 0 Å². The number of nitrogens with zero attached hydrogens (tertiary/aromatic N) is 1. The van der Waals surface area contributed by atoms with Gasteiger partial charge in [0.15, 0.2) is 5.96 Å². The highest BCUT2D eigenvalue weighted by Gasteiger charge is 2.37. The van der Waals surface area contributed by atoms with Gasteiger partial charge in [-0.3, -0.25) is 4.99 Å². The molecule has 4 heteroatoms. The van der Waals surface area contributed by atoms with Crippen LogP contribution in [-0.2, 0) is 0 Å². The number of nitrogens with one attached hydrogen (secondary N) is 1. The molecule has 1 aliphatic rings. The Morgan fingerprint density at radius 2 is 1.94 bits per heavy atom. The van der Waals surface area contributed by atoms with Crippen LogP contribution in [0.15, 0.2) is 4.99 Å². The third kappa shape index (κ3) is 5.76. The van der Waals surface area contributed by atoms with Gasteiger partial charge in [-0.25, -0.2) is 0 Å². The van der Waals surface area contributed by atoms with E-state index in [9.17, 15) is 0 Å². The average molecular weight is 367 g/mol. The minimum absolute atomic E-state index is 0. The van der Waals surface area contributed by atoms with Gasteiger partial charge in [0.1, 0.15) is 0 Å². The predicted octanol–water partition coefficient (Wildman–Crippen LogP) is 3.52. The number of halogens is 1. The first-order valence-electron chi connectivity index (χ1n) is 7.04. The van der Waals surface area contributed by atoms with Crippen LogP contribution >= 0.6 is 24.0 Å². The van der Waals surface area contributed by atoms with Crippen molar-refractivity contribution in [2.24, 2.45) is 22.1 Å². The van der Waals surface area contributed by atoms with Gasteiger partial charge >= 0.3 is 0 Å². The number of hydrogen-bond acceptors (Lipinski definition) is 1. The molecule has 0 aromatic heterocycles. The Morgan fingerprint density at radius 1 is 1.33 bits per heavy atom. The van der Waals surface area contributed by atoms with Gasteiger partial charge in [0, 0.05) is 12.6 Å². The third-order valence-electron chi connectivity index (χ3n) is 3.85. The van der Waals surface area contributed by atoms with E-state index in [2.05, 4.69) is 38.0 Å². The number of aliphatic imine (C=N–C) groups is 1. The summed E-state index contributed by atoms with van der Waals surface area (Å²) in [4.78, 5) is 4.54. The molecule has 0 aromatic carbocycles. The van der Waals surface area contributed by atoms with Crippen molar-refractivity contribution >= 4 is 29.9 Å². The molecule has 0 spiro atoms. The highest BCUT2D eigenvalue weighted by molar-refractivity contribution is 14.0. The van der Waals surface area contributed by atoms with E-state index in [0.29, 0.717) is 17.4 Å². The fourth-order valence-electron chi connectivity index (χ4n) is 2.62. The van der Waals surface area contributed by atoms with Crippen LogP contribution in [-0.4, -0.2) is 18.5 Å². The fraction of sp³-hybridized carbons (Fsp3) is 0.929. The van der Waals surface area contributed by atoms with E-state index in [-0.39, 0.29) is 24.0 Å². The van der Waals surface area contributed by atoms with Gasteiger partial charge in [0.05, 0.1) is 0 Å². The molecule has 0 heterocycles. The lowest BCUT2D eigenvalue weighted by Crippen LogP contribution is -2.40. The van der Waals surface area contributed by atoms with Crippen LogP contribution in [0, 0.1) is 11.3 Å². The Kier molecular flexibility index (Phi) is 8.23. The molecule has 1 unspecified atom stereocenters. The normalized spacial score (nSPS) is 19.9. The van der Waals surface area contributed by atoms with Crippen molar-refractivity contribution in [3.8, 4) is 0 Å². The minimum Gasteiger partial charge on any atom is -0.370 e. The zero-order chi connectivity index (χ0) is 12.9. The quantitative estimate of drug-likeness (QED) is 0.429. The van der Waals surface area contributed by atoms with Gasteiger partial charge in [0.2, 0.25) is 0 Å². The van der Waals surface area contributed by atoms with Gasteiger partial charge < -0.3 is 11.1 Å². The SMILES string of the molecule is CCC(C)NC(N)=NCC1(CC(C)C)CCC1.I. The lowest BCUT2D eigenvalue weighted by Gasteiger charge is -2.42. The van der Waals surface area contributed by atoms with E-state index in [1.165, 1.54) is 25.7 Å². The van der Waals surface area contributed by atoms with Crippen LogP contribution in [0.25, 0.3) is 0 Å². The van der Waals surface area contributed by atoms with Crippen LogP contribution in [0.1, 0.15) is 59.8 Å². The Labute approximate surface area is 129 Å². The maximum atomic E-state index is 5.91. The maximum absolute atomic E-state index is 5.91. The van der Waals surface area contributed by atoms with Crippen LogP contribution in [0.4, 0.5) is 0 Å². The standard InChI is InChI=1S/C14H29N3.HI/c1-5-12(4)17-13(15)16-10-14(7-6-8-14)9-11(2)3;/h11-12H,5-10H2,1-4H3,(H3,15,16,17);1H. The summed E-state index contributed by atoms with van der Waals surface area (Å²) in [7, 11) is 0. The molecule has 1 saturated carbocycles. The smallest absolute Gasteiger partial charge is 0.188 e. The van der Waals surface area contributed by atoms with Crippen LogP contribution in [0.5, 0.6) is 0 Å². The number of guanidine groups is 1. The molecule has 18 heavy (non-hydrogen) atoms. The zero-order valence-electron chi connectivity index (χ0n) is 12.3. The van der Waals surface area contributed by atoms with Crippen molar-refractivity contribution in [2.45, 2.75) is 65.8 Å². The number of hydrogen-bond donors (Lipinski definition) is 2. The summed E-state index contributed by atoms with van der Waals surface area (Å²) in [6.45, 7) is 9.78. The molecule has 0 bridgehead atoms. The van der Waals surface area contributed by atoms with Gasteiger partial charge in [-0.15, -0.1) is 24.0 Å². The second-order valence-electron chi connectivity index (χ2n) is 6.11. The van der Waals surface area contributed by atoms with E-state index < -0.39 is 0 Å². The lowest BCUT2D eigenvalue weighted by molar-refractivity contribution is 0.111. The van der Waals surface area contributed by atoms with Crippen LogP contribution in [0.2, 0.25) is 0 Å². The Balaban J connectivity index is 0.00000289. The van der Waals surface area contributed by atoms with E-state index in [0.717, 1.165) is 18.9 Å². The maximum Gasteiger partial charge on any atom is 0.188 e. The molecular weight excluding hydrogens is 337 g/mol. The van der Waals surface area contributed by atoms with Gasteiger partial charge in [0.25, 0.3) is 0 Å². The number of rotatable bonds is 6. The van der Waals surface area contributed by atoms with E-state index in [1.807, 2.05) is 0 Å². The van der Waals surface area contributed by atoms with Crippen LogP contribution < -0.4 is 11.1 Å². The summed E-state index contributed by atoms with van der Waals surface area (Å²) in [6.07, 6.45) is 6.37. The molecule has 0 radical (unpaired) electrons. The summed E-state index contributed by atoms with van der Waals surface area (Å²) >= 11 is 0. The molecule has 3 N–H and O–H groups in total. The molecule has 0 aliphatic heterocycles. The number of nitrogens with two attached hydrogens (primary N) is 1. The van der Waals surface area contributed by atoms with Crippen LogP contribution in [0.3, 0.4) is 0 Å². The first kappa shape index (κ1) is 18.0. The molecule has 108 valence electrons. The first-order chi connectivity index (χ1) is 7.97. The first-order valence-corrected chi connectivity index (χ1v) is 7.04. The van der Waals surface area contributed by atoms with Gasteiger partial charge in [-0.05, 0) is 43.9 Å². The Morgan fingerprint density at radius 3 is 2.33 bits per heavy atom. The van der Waals surface area contributed by atoms with Crippen molar-refractivity contribution < 1.29 is 0 Å². The van der Waals surface area contributed by atoms with Crippen molar-refractivity contribution in [1.29, 1.82) is 0 Å². The third-order valence-corrected chi connectivity index (χ3v) is 3.85. The molecule has 3 nitrogen and oxygen atoms in total. The molecule has 0 saturated heterocycles. The van der Waals surface area contributed by atoms with Crippen molar-refractivity contribution in [1.82, 2.24) is 5.32 Å². The van der Waals surface area contributed by atoms with E-state index in [4.69, 9.17) is 5.73 Å². The van der Waals surface area contributed by atoms with E-state index in [1.54, 1.807) is 0 Å². The fourth-order valence-corrected chi connectivity index (χ4v) is 2.62. The highest BCUT2D eigenvalue weighted by Crippen LogP contribution is 2.46. The molecule has 1 rings (SSSR count). The van der Waals surface area contributed by atoms with Crippen molar-refractivity contribution in [3.63, 3.8) is 0 Å². The predicted molar refractivity (Wildman–Crippen MR) is 90.5 cm³/mol. The minimum atomic E-state index is 0. The molecule has 1 fully saturated rings. The van der Waals surface area contributed by atoms with Gasteiger partial charge in [-0.2, -0.15) is 0 Å². The topological polar surface area (TPSA) is 50.4 Å². The second-order valence-corrected chi connectivity index (χ2v) is 6.11. The second kappa shape index (κ2) is 8.23. The van der Waals surface area contributed by atoms with Crippen molar-refractivity contribution in [2.75, 3.05) is 6.54 Å². The summed E-state index contributed by atoms with van der Waals surface area (Å²) in [5.41, 5.74) is 6.36. The highest BCUT2D eigenvalue weighted by atomic mass is 127. The Hall–Kier alpha value is 0. The van der Waals surface area contributed by atoms with Gasteiger partial charge in [-0.1, -0.05) is 27.2 Å². The summed E-state index contributed by atoms with van der Waals surface area (Å²) in [6, 6.07) is 0.418. The molecule has 0 aromatic rings. The monoisotopic (exact) mass is 367 g/mol. The molecular formula is C14H30IN3. The van der Waals surface area contributed by atoms with E-state index >= 15 is 0 Å². The molecule has 0 amide bonds.